The first-order chi connectivity index (χ1) is 11.6. The average Bonchev–Trinajstić information content (AvgIpc) is 3.22. The van der Waals surface area contributed by atoms with E-state index in [1.54, 1.807) is 18.3 Å². The van der Waals surface area contributed by atoms with E-state index in [1.165, 1.54) is 0 Å². The van der Waals surface area contributed by atoms with Crippen LogP contribution in [0.1, 0.15) is 53.3 Å². The van der Waals surface area contributed by atoms with Crippen LogP contribution in [-0.2, 0) is 18.4 Å². The first kappa shape index (κ1) is 16.8. The maximum atomic E-state index is 12.5. The lowest BCUT2D eigenvalue weighted by molar-refractivity contribution is -0.132. The smallest absolute Gasteiger partial charge is 0.268 e. The summed E-state index contributed by atoms with van der Waals surface area (Å²) in [5.74, 6) is 0.0203. The summed E-state index contributed by atoms with van der Waals surface area (Å²) < 4.78 is 1.93. The Kier molecular flexibility index (Phi) is 5.04. The lowest BCUT2D eigenvalue weighted by Crippen LogP contribution is -2.38. The third-order valence-electron chi connectivity index (χ3n) is 4.65. The summed E-state index contributed by atoms with van der Waals surface area (Å²) in [6.07, 6.45) is 3.11. The van der Waals surface area contributed by atoms with E-state index < -0.39 is 0 Å². The van der Waals surface area contributed by atoms with Crippen LogP contribution < -0.4 is 5.32 Å². The van der Waals surface area contributed by atoms with E-state index in [0.717, 1.165) is 36.4 Å². The fourth-order valence-corrected chi connectivity index (χ4v) is 4.02. The molecule has 1 atom stereocenters. The second kappa shape index (κ2) is 7.21. The summed E-state index contributed by atoms with van der Waals surface area (Å²) in [4.78, 5) is 27.4. The van der Waals surface area contributed by atoms with Crippen molar-refractivity contribution in [1.29, 1.82) is 0 Å². The van der Waals surface area contributed by atoms with Gasteiger partial charge in [-0.05, 0) is 42.8 Å². The number of hydrogen-bond acceptors (Lipinski definition) is 3. The van der Waals surface area contributed by atoms with E-state index in [9.17, 15) is 9.59 Å². The van der Waals surface area contributed by atoms with E-state index in [4.69, 9.17) is 0 Å². The van der Waals surface area contributed by atoms with Crippen molar-refractivity contribution in [2.75, 3.05) is 6.54 Å². The average molecular weight is 345 g/mol. The van der Waals surface area contributed by atoms with E-state index in [1.807, 2.05) is 46.2 Å². The Morgan fingerprint density at radius 2 is 2.12 bits per heavy atom. The molecule has 2 aromatic rings. The quantitative estimate of drug-likeness (QED) is 0.926. The number of piperidine rings is 1. The Bertz CT molecular complexity index is 721. The summed E-state index contributed by atoms with van der Waals surface area (Å²) in [6.45, 7) is 2.96. The van der Waals surface area contributed by atoms with Gasteiger partial charge in [0, 0.05) is 31.1 Å². The number of likely N-dealkylation sites (tertiary alicyclic amines) is 1. The van der Waals surface area contributed by atoms with Gasteiger partial charge in [-0.25, -0.2) is 0 Å². The van der Waals surface area contributed by atoms with Crippen molar-refractivity contribution in [2.24, 2.45) is 7.05 Å². The molecule has 1 aliphatic heterocycles. The van der Waals surface area contributed by atoms with Crippen LogP contribution in [0.4, 0.5) is 0 Å². The van der Waals surface area contributed by atoms with Crippen LogP contribution in [0.2, 0.25) is 0 Å². The third kappa shape index (κ3) is 3.38. The van der Waals surface area contributed by atoms with Gasteiger partial charge in [0.1, 0.15) is 5.69 Å². The molecule has 1 fully saturated rings. The van der Waals surface area contributed by atoms with Gasteiger partial charge < -0.3 is 14.8 Å². The Balaban J connectivity index is 1.75. The zero-order valence-corrected chi connectivity index (χ0v) is 14.9. The highest BCUT2D eigenvalue weighted by molar-refractivity contribution is 7.09. The van der Waals surface area contributed by atoms with Gasteiger partial charge >= 0.3 is 0 Å². The molecule has 0 radical (unpaired) electrons. The number of carbonyl (C=O) groups is 2. The molecular weight excluding hydrogens is 322 g/mol. The number of nitrogens with one attached hydrogen (secondary N) is 1. The summed E-state index contributed by atoms with van der Waals surface area (Å²) in [5, 5.41) is 4.96. The topological polar surface area (TPSA) is 54.3 Å². The molecule has 0 aliphatic carbocycles. The number of thiophene rings is 1. The molecule has 3 heterocycles. The van der Waals surface area contributed by atoms with Crippen molar-refractivity contribution in [3.05, 3.63) is 45.9 Å². The zero-order valence-electron chi connectivity index (χ0n) is 14.1. The molecule has 0 saturated carbocycles. The van der Waals surface area contributed by atoms with Gasteiger partial charge in [0.15, 0.2) is 0 Å². The molecular formula is C18H23N3O2S. The van der Waals surface area contributed by atoms with Crippen molar-refractivity contribution in [2.45, 2.75) is 38.8 Å². The van der Waals surface area contributed by atoms with Gasteiger partial charge in [0.25, 0.3) is 5.91 Å². The molecule has 6 heteroatoms. The van der Waals surface area contributed by atoms with Crippen molar-refractivity contribution < 1.29 is 9.59 Å². The number of nitrogens with zero attached hydrogens (tertiary/aromatic N) is 2. The minimum Gasteiger partial charge on any atom is -0.346 e. The molecule has 1 N–H and O–H groups in total. The molecule has 2 aromatic heterocycles. The van der Waals surface area contributed by atoms with Crippen molar-refractivity contribution in [3.63, 3.8) is 0 Å². The Morgan fingerprint density at radius 1 is 1.29 bits per heavy atom. The van der Waals surface area contributed by atoms with E-state index in [0.29, 0.717) is 12.2 Å². The molecule has 1 saturated heterocycles. The highest BCUT2D eigenvalue weighted by atomic mass is 32.1. The van der Waals surface area contributed by atoms with Crippen LogP contribution in [-0.4, -0.2) is 27.8 Å². The molecule has 1 aliphatic rings. The Morgan fingerprint density at radius 3 is 2.83 bits per heavy atom. The van der Waals surface area contributed by atoms with Gasteiger partial charge in [-0.2, -0.15) is 0 Å². The summed E-state index contributed by atoms with van der Waals surface area (Å²) in [7, 11) is 1.91. The molecule has 0 spiro atoms. The number of rotatable bonds is 4. The molecule has 2 amide bonds. The fraction of sp³-hybridized carbons (Fsp3) is 0.444. The van der Waals surface area contributed by atoms with Crippen molar-refractivity contribution >= 4 is 23.2 Å². The normalized spacial score (nSPS) is 17.8. The van der Waals surface area contributed by atoms with Crippen LogP contribution in [0.15, 0.2) is 29.6 Å². The lowest BCUT2D eigenvalue weighted by atomic mass is 9.99. The maximum absolute atomic E-state index is 12.5. The van der Waals surface area contributed by atoms with Crippen LogP contribution in [0.25, 0.3) is 0 Å². The second-order valence-corrected chi connectivity index (χ2v) is 7.22. The van der Waals surface area contributed by atoms with Crippen LogP contribution in [0.3, 0.4) is 0 Å². The second-order valence-electron chi connectivity index (χ2n) is 6.19. The summed E-state index contributed by atoms with van der Waals surface area (Å²) >= 11 is 1.63. The molecule has 0 bridgehead atoms. The number of carbonyl (C=O) groups excluding carboxylic acids is 2. The molecule has 0 aromatic carbocycles. The fourth-order valence-electron chi connectivity index (χ4n) is 3.38. The summed E-state index contributed by atoms with van der Waals surface area (Å²) in [5.41, 5.74) is 1.67. The minimum absolute atomic E-state index is 0.0695. The number of hydrogen-bond donors (Lipinski definition) is 1. The van der Waals surface area contributed by atoms with E-state index >= 15 is 0 Å². The van der Waals surface area contributed by atoms with Gasteiger partial charge in [-0.15, -0.1) is 11.3 Å². The first-order valence-electron chi connectivity index (χ1n) is 8.31. The highest BCUT2D eigenvalue weighted by Crippen LogP contribution is 2.31. The highest BCUT2D eigenvalue weighted by Gasteiger charge is 2.28. The maximum Gasteiger partial charge on any atom is 0.268 e. The predicted octanol–water partition coefficient (Wildman–Crippen LogP) is 3.09. The molecule has 0 unspecified atom stereocenters. The Hall–Kier alpha value is -2.08. The summed E-state index contributed by atoms with van der Waals surface area (Å²) in [6, 6.07) is 7.89. The van der Waals surface area contributed by atoms with Crippen molar-refractivity contribution in [1.82, 2.24) is 14.8 Å². The number of amides is 2. The monoisotopic (exact) mass is 345 g/mol. The molecule has 3 rings (SSSR count). The van der Waals surface area contributed by atoms with Crippen LogP contribution in [0.5, 0.6) is 0 Å². The third-order valence-corrected chi connectivity index (χ3v) is 5.52. The van der Waals surface area contributed by atoms with E-state index in [-0.39, 0.29) is 17.9 Å². The number of aromatic nitrogens is 1. The largest absolute Gasteiger partial charge is 0.346 e. The predicted molar refractivity (Wildman–Crippen MR) is 94.9 cm³/mol. The molecule has 5 nitrogen and oxygen atoms in total. The Labute approximate surface area is 146 Å². The minimum atomic E-state index is -0.0812. The van der Waals surface area contributed by atoms with Gasteiger partial charge in [0.05, 0.1) is 12.6 Å². The molecule has 128 valence electrons. The first-order valence-corrected chi connectivity index (χ1v) is 9.19. The SMILES string of the molecule is CC(=O)N1CCCC[C@H]1c1ccc(C(=O)NCc2cccs2)n1C. The van der Waals surface area contributed by atoms with Gasteiger partial charge in [-0.3, -0.25) is 9.59 Å². The van der Waals surface area contributed by atoms with Gasteiger partial charge in [-0.1, -0.05) is 6.07 Å². The van der Waals surface area contributed by atoms with Crippen molar-refractivity contribution in [3.8, 4) is 0 Å². The lowest BCUT2D eigenvalue weighted by Gasteiger charge is -2.35. The van der Waals surface area contributed by atoms with E-state index in [2.05, 4.69) is 5.32 Å². The van der Waals surface area contributed by atoms with Crippen LogP contribution in [0, 0.1) is 0 Å². The standard InChI is InChI=1S/C18H23N3O2S/c1-13(22)21-10-4-3-7-16(21)15-8-9-17(20(15)2)18(23)19-12-14-6-5-11-24-14/h5-6,8-9,11,16H,3-4,7,10,12H2,1-2H3,(H,19,23)/t16-/m0/s1. The van der Waals surface area contributed by atoms with Crippen LogP contribution >= 0.6 is 11.3 Å². The van der Waals surface area contributed by atoms with Gasteiger partial charge in [0.2, 0.25) is 5.91 Å². The molecule has 24 heavy (non-hydrogen) atoms. The zero-order chi connectivity index (χ0) is 17.1.